The van der Waals surface area contributed by atoms with Crippen LogP contribution in [0.25, 0.3) is 28.1 Å². The first-order valence-electron chi connectivity index (χ1n) is 26.8. The molecule has 3 fully saturated rings. The van der Waals surface area contributed by atoms with Crippen molar-refractivity contribution in [2.24, 2.45) is 23.3 Å². The lowest BCUT2D eigenvalue weighted by molar-refractivity contribution is -0.142. The van der Waals surface area contributed by atoms with Gasteiger partial charge in [0.2, 0.25) is 0 Å². The molecule has 0 radical (unpaired) electrons. The number of nitrogens with one attached hydrogen (secondary N) is 2. The van der Waals surface area contributed by atoms with E-state index in [1.165, 1.54) is 49.2 Å². The summed E-state index contributed by atoms with van der Waals surface area (Å²) in [6, 6.07) is 28.1. The molecular formula is C60H60F8N10O2. The van der Waals surface area contributed by atoms with Gasteiger partial charge >= 0.3 is 12.4 Å². The van der Waals surface area contributed by atoms with Crippen LogP contribution in [-0.2, 0) is 25.4 Å². The number of likely N-dealkylation sites (N-methyl/N-ethyl adjacent to an activating group) is 1. The number of rotatable bonds is 18. The first kappa shape index (κ1) is 55.8. The molecule has 1 aliphatic heterocycles. The van der Waals surface area contributed by atoms with Crippen molar-refractivity contribution in [1.82, 2.24) is 29.4 Å². The van der Waals surface area contributed by atoms with Crippen molar-refractivity contribution < 1.29 is 44.7 Å². The van der Waals surface area contributed by atoms with Gasteiger partial charge in [-0.25, -0.2) is 18.1 Å². The second-order valence-corrected chi connectivity index (χ2v) is 21.1. The average Bonchev–Trinajstić information content (AvgIpc) is 4.47. The molecule has 1 unspecified atom stereocenters. The van der Waals surface area contributed by atoms with Crippen molar-refractivity contribution in [2.75, 3.05) is 43.9 Å². The fraction of sp³-hybridized carbons (Fsp3) is 0.333. The molecule has 2 aliphatic carbocycles. The maximum Gasteiger partial charge on any atom is 0.435 e. The van der Waals surface area contributed by atoms with Gasteiger partial charge in [0.25, 0.3) is 11.8 Å². The maximum atomic E-state index is 15.7. The van der Waals surface area contributed by atoms with E-state index in [1.807, 2.05) is 6.08 Å². The number of carbonyl (C=O) groups excluding carboxylic acids is 2. The van der Waals surface area contributed by atoms with Gasteiger partial charge < -0.3 is 27.0 Å². The Bertz CT molecular complexity index is 3430. The van der Waals surface area contributed by atoms with Crippen LogP contribution in [0.15, 0.2) is 121 Å². The largest absolute Gasteiger partial charge is 0.435 e. The molecule has 3 heterocycles. The van der Waals surface area contributed by atoms with E-state index >= 15 is 8.78 Å². The Hall–Kier alpha value is -7.52. The smallest absolute Gasteiger partial charge is 0.326 e. The van der Waals surface area contributed by atoms with Crippen LogP contribution in [-0.4, -0.2) is 74.4 Å². The second-order valence-electron chi connectivity index (χ2n) is 21.1. The molecule has 418 valence electrons. The zero-order valence-corrected chi connectivity index (χ0v) is 43.9. The molecular weight excluding hydrogens is 1040 g/mol. The highest BCUT2D eigenvalue weighted by Gasteiger charge is 2.38. The lowest BCUT2D eigenvalue weighted by Gasteiger charge is -2.31. The third-order valence-corrected chi connectivity index (χ3v) is 15.1. The Morgan fingerprint density at radius 2 is 1.24 bits per heavy atom. The predicted octanol–water partition coefficient (Wildman–Crippen LogP) is 12.6. The van der Waals surface area contributed by atoms with E-state index in [1.54, 1.807) is 60.7 Å². The van der Waals surface area contributed by atoms with Crippen molar-refractivity contribution in [3.63, 3.8) is 0 Å². The number of nitrogens with zero attached hydrogens (tertiary/aromatic N) is 6. The molecule has 6 N–H and O–H groups in total. The van der Waals surface area contributed by atoms with Crippen molar-refractivity contribution in [1.29, 1.82) is 0 Å². The Balaban J connectivity index is 0.935. The Labute approximate surface area is 457 Å². The molecule has 2 saturated carbocycles. The number of aromatic nitrogens is 4. The van der Waals surface area contributed by atoms with E-state index in [2.05, 4.69) is 37.7 Å². The Kier molecular flexibility index (Phi) is 16.2. The monoisotopic (exact) mass is 1100 g/mol. The zero-order valence-electron chi connectivity index (χ0n) is 43.9. The van der Waals surface area contributed by atoms with Crippen LogP contribution in [0.1, 0.15) is 118 Å². The molecule has 1 saturated heterocycles. The van der Waals surface area contributed by atoms with Crippen molar-refractivity contribution in [2.45, 2.75) is 82.9 Å². The SMILES string of the molecule is CN1CCCN(C(CCC2CC2)c2ccc(F)c(NC(=O)c3cc(C(F)(F)F)nn3-c3cc(CN)cc(-c4ccc(/C(=C/CC5CC5)c5ccc(F)c(NC(=O)c6cc(C(F)(F)F)nn6-c6cccc(CN)c6)c5)cc4)c3)c2)CC1. The maximum absolute atomic E-state index is 15.7. The number of alkyl halides is 6. The molecule has 7 aromatic rings. The van der Waals surface area contributed by atoms with E-state index in [0.29, 0.717) is 69.3 Å². The highest BCUT2D eigenvalue weighted by molar-refractivity contribution is 6.04. The van der Waals surface area contributed by atoms with Crippen LogP contribution in [0.3, 0.4) is 0 Å². The minimum absolute atomic E-state index is 0.0358. The fourth-order valence-corrected chi connectivity index (χ4v) is 10.3. The normalized spacial score (nSPS) is 16.2. The van der Waals surface area contributed by atoms with Crippen LogP contribution in [0.4, 0.5) is 46.5 Å². The number of nitrogens with two attached hydrogens (primary N) is 2. The number of amides is 2. The standard InChI is InChI=1S/C60H60F8N10O2/c1-75-22-3-23-76(25-24-75)52(21-11-37-8-9-37)43-17-20-49(62)51(31-43)72-58(80)54-33-56(60(66,67)68)74-78(54)46-28-39(35-70)26-44(29-46)40-12-14-41(15-13-40)47(18-10-36-6-7-36)42-16-19-48(61)50(30-42)71-57(79)53-32-55(59(63,64)65)73-77(53)45-5-2-4-38(27-45)34-69/h2,4-5,12-20,26-33,36-37,52H,3,6-11,21-25,34-35,69-70H2,1H3,(H,71,79)(H,72,80)/b47-18-. The van der Waals surface area contributed by atoms with E-state index in [0.717, 1.165) is 79.3 Å². The van der Waals surface area contributed by atoms with Gasteiger partial charge in [-0.2, -0.15) is 36.5 Å². The highest BCUT2D eigenvalue weighted by Crippen LogP contribution is 2.40. The van der Waals surface area contributed by atoms with E-state index in [4.69, 9.17) is 11.5 Å². The van der Waals surface area contributed by atoms with Crippen molar-refractivity contribution in [3.05, 3.63) is 184 Å². The van der Waals surface area contributed by atoms with E-state index in [9.17, 15) is 35.9 Å². The van der Waals surface area contributed by atoms with Gasteiger partial charge in [0, 0.05) is 50.9 Å². The number of benzene rings is 5. The Morgan fingerprint density at radius 3 is 1.86 bits per heavy atom. The van der Waals surface area contributed by atoms with E-state index < -0.39 is 58.6 Å². The van der Waals surface area contributed by atoms with Gasteiger partial charge in [-0.3, -0.25) is 14.5 Å². The van der Waals surface area contributed by atoms with Crippen LogP contribution < -0.4 is 22.1 Å². The molecule has 2 amide bonds. The summed E-state index contributed by atoms with van der Waals surface area (Å²) in [5.41, 5.74) is 12.9. The van der Waals surface area contributed by atoms with Gasteiger partial charge in [0.1, 0.15) is 23.0 Å². The van der Waals surface area contributed by atoms with Crippen molar-refractivity contribution >= 4 is 28.8 Å². The van der Waals surface area contributed by atoms with Crippen LogP contribution in [0, 0.1) is 23.5 Å². The third-order valence-electron chi connectivity index (χ3n) is 15.1. The van der Waals surface area contributed by atoms with Gasteiger partial charge in [0.15, 0.2) is 11.4 Å². The molecule has 20 heteroatoms. The zero-order chi connectivity index (χ0) is 56.5. The first-order valence-corrected chi connectivity index (χ1v) is 26.8. The van der Waals surface area contributed by atoms with Gasteiger partial charge in [-0.05, 0) is 163 Å². The number of anilines is 2. The van der Waals surface area contributed by atoms with Crippen molar-refractivity contribution in [3.8, 4) is 22.5 Å². The number of hydrogen-bond acceptors (Lipinski definition) is 8. The number of halogens is 8. The Morgan fingerprint density at radius 1 is 0.637 bits per heavy atom. The van der Waals surface area contributed by atoms with Crippen LogP contribution in [0.2, 0.25) is 0 Å². The molecule has 0 bridgehead atoms. The predicted molar refractivity (Wildman–Crippen MR) is 290 cm³/mol. The lowest BCUT2D eigenvalue weighted by Crippen LogP contribution is -2.33. The minimum Gasteiger partial charge on any atom is -0.326 e. The van der Waals surface area contributed by atoms with Gasteiger partial charge in [-0.1, -0.05) is 67.4 Å². The third kappa shape index (κ3) is 13.0. The molecule has 3 aliphatic rings. The summed E-state index contributed by atoms with van der Waals surface area (Å²) in [5.74, 6) is -2.58. The molecule has 12 nitrogen and oxygen atoms in total. The molecule has 80 heavy (non-hydrogen) atoms. The summed E-state index contributed by atoms with van der Waals surface area (Å²) in [6.45, 7) is 3.51. The second kappa shape index (κ2) is 23.3. The molecule has 1 atom stereocenters. The molecule has 2 aromatic heterocycles. The molecule has 10 rings (SSSR count). The van der Waals surface area contributed by atoms with Crippen LogP contribution >= 0.6 is 0 Å². The molecule has 0 spiro atoms. The summed E-state index contributed by atoms with van der Waals surface area (Å²) in [5, 5.41) is 12.6. The topological polar surface area (TPSA) is 152 Å². The summed E-state index contributed by atoms with van der Waals surface area (Å²) in [4.78, 5) is 32.8. The summed E-state index contributed by atoms with van der Waals surface area (Å²) >= 11 is 0. The fourth-order valence-electron chi connectivity index (χ4n) is 10.3. The summed E-state index contributed by atoms with van der Waals surface area (Å²) in [6.07, 6.45) is 0.0208. The van der Waals surface area contributed by atoms with Gasteiger partial charge in [0.05, 0.1) is 22.7 Å². The lowest BCUT2D eigenvalue weighted by atomic mass is 9.93. The quantitative estimate of drug-likeness (QED) is 0.0620. The molecule has 5 aromatic carbocycles. The number of allylic oxidation sites excluding steroid dienone is 1. The summed E-state index contributed by atoms with van der Waals surface area (Å²) in [7, 11) is 2.08. The highest BCUT2D eigenvalue weighted by atomic mass is 19.4. The van der Waals surface area contributed by atoms with Crippen LogP contribution in [0.5, 0.6) is 0 Å². The average molecular weight is 1110 g/mol. The minimum atomic E-state index is -4.95. The van der Waals surface area contributed by atoms with Gasteiger partial charge in [-0.15, -0.1) is 0 Å². The number of hydrogen-bond donors (Lipinski definition) is 4. The first-order chi connectivity index (χ1) is 38.3. The summed E-state index contributed by atoms with van der Waals surface area (Å²) < 4.78 is 119. The van der Waals surface area contributed by atoms with E-state index in [-0.39, 0.29) is 41.9 Å². The number of carbonyl (C=O) groups is 2.